The zero-order chi connectivity index (χ0) is 15.2. The van der Waals surface area contributed by atoms with Crippen molar-refractivity contribution < 1.29 is 4.92 Å². The predicted octanol–water partition coefficient (Wildman–Crippen LogP) is 2.24. The van der Waals surface area contributed by atoms with Crippen LogP contribution in [0.25, 0.3) is 11.4 Å². The second-order valence-corrected chi connectivity index (χ2v) is 4.43. The summed E-state index contributed by atoms with van der Waals surface area (Å²) in [5.74, 6) is 0.901. The van der Waals surface area contributed by atoms with Gasteiger partial charge in [-0.1, -0.05) is 13.3 Å². The van der Waals surface area contributed by atoms with Crippen molar-refractivity contribution in [2.45, 2.75) is 19.8 Å². The minimum atomic E-state index is -0.455. The van der Waals surface area contributed by atoms with Crippen LogP contribution in [0.4, 0.5) is 17.6 Å². The molecule has 0 saturated heterocycles. The van der Waals surface area contributed by atoms with Crippen LogP contribution in [0, 0.1) is 10.1 Å². The molecule has 1 heterocycles. The summed E-state index contributed by atoms with van der Waals surface area (Å²) in [6, 6.07) is 5.98. The molecule has 0 fully saturated rings. The first-order valence-corrected chi connectivity index (χ1v) is 6.60. The van der Waals surface area contributed by atoms with E-state index in [0.29, 0.717) is 17.3 Å². The fourth-order valence-electron chi connectivity index (χ4n) is 1.71. The van der Waals surface area contributed by atoms with Gasteiger partial charge in [0, 0.05) is 24.2 Å². The van der Waals surface area contributed by atoms with Crippen LogP contribution in [0.15, 0.2) is 24.3 Å². The molecule has 1 aromatic heterocycles. The molecule has 0 radical (unpaired) electrons. The molecule has 2 rings (SSSR count). The van der Waals surface area contributed by atoms with Crippen LogP contribution in [0.1, 0.15) is 19.8 Å². The number of nitro groups is 1. The quantitative estimate of drug-likeness (QED) is 0.475. The lowest BCUT2D eigenvalue weighted by atomic mass is 10.2. The van der Waals surface area contributed by atoms with Gasteiger partial charge in [0.1, 0.15) is 0 Å². The molecule has 3 N–H and O–H groups in total. The Hall–Kier alpha value is -2.77. The van der Waals surface area contributed by atoms with Crippen molar-refractivity contribution in [3.63, 3.8) is 0 Å². The van der Waals surface area contributed by atoms with Crippen LogP contribution in [0.2, 0.25) is 0 Å². The fourth-order valence-corrected chi connectivity index (χ4v) is 1.71. The highest BCUT2D eigenvalue weighted by Crippen LogP contribution is 2.20. The smallest absolute Gasteiger partial charge is 0.269 e. The number of nitrogens with two attached hydrogens (primary N) is 1. The van der Waals surface area contributed by atoms with Gasteiger partial charge in [-0.05, 0) is 18.6 Å². The summed E-state index contributed by atoms with van der Waals surface area (Å²) in [5.41, 5.74) is 6.33. The number of nitro benzene ring substituents is 1. The lowest BCUT2D eigenvalue weighted by molar-refractivity contribution is -0.384. The van der Waals surface area contributed by atoms with Crippen LogP contribution in [-0.4, -0.2) is 26.4 Å². The van der Waals surface area contributed by atoms with Gasteiger partial charge >= 0.3 is 0 Å². The van der Waals surface area contributed by atoms with E-state index < -0.39 is 4.92 Å². The Balaban J connectivity index is 2.24. The Kier molecular flexibility index (Phi) is 4.60. The number of benzene rings is 1. The molecule has 21 heavy (non-hydrogen) atoms. The van der Waals surface area contributed by atoms with E-state index >= 15 is 0 Å². The van der Waals surface area contributed by atoms with Gasteiger partial charge in [0.25, 0.3) is 5.69 Å². The molecule has 0 atom stereocenters. The lowest BCUT2D eigenvalue weighted by Gasteiger charge is -2.06. The molecule has 1 aromatic carbocycles. The Labute approximate surface area is 121 Å². The van der Waals surface area contributed by atoms with Gasteiger partial charge < -0.3 is 11.1 Å². The van der Waals surface area contributed by atoms with E-state index in [2.05, 4.69) is 27.2 Å². The molecule has 0 aliphatic rings. The molecule has 0 spiro atoms. The van der Waals surface area contributed by atoms with E-state index in [0.717, 1.165) is 19.4 Å². The molecular weight excluding hydrogens is 272 g/mol. The van der Waals surface area contributed by atoms with Crippen molar-refractivity contribution in [3.05, 3.63) is 34.4 Å². The van der Waals surface area contributed by atoms with Gasteiger partial charge in [-0.3, -0.25) is 10.1 Å². The first-order valence-electron chi connectivity index (χ1n) is 6.60. The first-order chi connectivity index (χ1) is 10.1. The zero-order valence-electron chi connectivity index (χ0n) is 11.6. The highest BCUT2D eigenvalue weighted by molar-refractivity contribution is 5.59. The summed E-state index contributed by atoms with van der Waals surface area (Å²) >= 11 is 0. The van der Waals surface area contributed by atoms with Crippen LogP contribution in [0.3, 0.4) is 0 Å². The number of hydrogen-bond donors (Lipinski definition) is 2. The molecule has 0 aliphatic carbocycles. The largest absolute Gasteiger partial charge is 0.368 e. The highest BCUT2D eigenvalue weighted by Gasteiger charge is 2.09. The maximum Gasteiger partial charge on any atom is 0.269 e. The van der Waals surface area contributed by atoms with Crippen molar-refractivity contribution in [1.82, 2.24) is 15.0 Å². The monoisotopic (exact) mass is 288 g/mol. The average Bonchev–Trinajstić information content (AvgIpc) is 2.47. The number of aromatic nitrogens is 3. The molecule has 0 bridgehead atoms. The second-order valence-electron chi connectivity index (χ2n) is 4.43. The molecule has 8 nitrogen and oxygen atoms in total. The normalized spacial score (nSPS) is 10.3. The molecule has 110 valence electrons. The minimum absolute atomic E-state index is 0.0158. The van der Waals surface area contributed by atoms with Crippen LogP contribution in [0.5, 0.6) is 0 Å². The zero-order valence-corrected chi connectivity index (χ0v) is 11.6. The van der Waals surface area contributed by atoms with E-state index in [1.807, 2.05) is 0 Å². The van der Waals surface area contributed by atoms with Crippen molar-refractivity contribution in [1.29, 1.82) is 0 Å². The fraction of sp³-hybridized carbons (Fsp3) is 0.308. The second kappa shape index (κ2) is 6.60. The number of anilines is 2. The van der Waals surface area contributed by atoms with E-state index in [-0.39, 0.29) is 11.6 Å². The van der Waals surface area contributed by atoms with Crippen LogP contribution in [-0.2, 0) is 0 Å². The maximum absolute atomic E-state index is 10.6. The molecule has 0 unspecified atom stereocenters. The Bertz CT molecular complexity index is 629. The van der Waals surface area contributed by atoms with E-state index in [1.54, 1.807) is 12.1 Å². The van der Waals surface area contributed by atoms with Crippen molar-refractivity contribution in [2.75, 3.05) is 17.6 Å². The van der Waals surface area contributed by atoms with Gasteiger partial charge in [-0.25, -0.2) is 0 Å². The third kappa shape index (κ3) is 3.85. The number of rotatable bonds is 6. The number of nitrogens with zero attached hydrogens (tertiary/aromatic N) is 4. The van der Waals surface area contributed by atoms with E-state index in [1.165, 1.54) is 12.1 Å². The Morgan fingerprint density at radius 3 is 2.57 bits per heavy atom. The molecule has 0 amide bonds. The van der Waals surface area contributed by atoms with Crippen molar-refractivity contribution in [3.8, 4) is 11.4 Å². The summed E-state index contributed by atoms with van der Waals surface area (Å²) in [7, 11) is 0. The molecule has 0 aliphatic heterocycles. The standard InChI is InChI=1S/C13H16N6O2/c1-2-3-8-15-13-17-11(16-12(14)18-13)9-4-6-10(7-5-9)19(20)21/h4-7H,2-3,8H2,1H3,(H3,14,15,16,17,18). The predicted molar refractivity (Wildman–Crippen MR) is 79.7 cm³/mol. The lowest BCUT2D eigenvalue weighted by Crippen LogP contribution is -2.09. The SMILES string of the molecule is CCCCNc1nc(N)nc(-c2ccc([N+](=O)[O-])cc2)n1. The van der Waals surface area contributed by atoms with Crippen LogP contribution >= 0.6 is 0 Å². The van der Waals surface area contributed by atoms with Gasteiger partial charge in [0.05, 0.1) is 4.92 Å². The van der Waals surface area contributed by atoms with Gasteiger partial charge in [-0.15, -0.1) is 0 Å². The van der Waals surface area contributed by atoms with Gasteiger partial charge in [-0.2, -0.15) is 15.0 Å². The topological polar surface area (TPSA) is 120 Å². The molecule has 8 heteroatoms. The van der Waals surface area contributed by atoms with Crippen LogP contribution < -0.4 is 11.1 Å². The number of nitrogen functional groups attached to an aromatic ring is 1. The van der Waals surface area contributed by atoms with E-state index in [4.69, 9.17) is 5.73 Å². The minimum Gasteiger partial charge on any atom is -0.368 e. The number of hydrogen-bond acceptors (Lipinski definition) is 7. The highest BCUT2D eigenvalue weighted by atomic mass is 16.6. The van der Waals surface area contributed by atoms with Crippen molar-refractivity contribution >= 4 is 17.6 Å². The summed E-state index contributed by atoms with van der Waals surface area (Å²) in [5, 5.41) is 13.7. The third-order valence-corrected chi connectivity index (χ3v) is 2.80. The van der Waals surface area contributed by atoms with E-state index in [9.17, 15) is 10.1 Å². The Morgan fingerprint density at radius 2 is 1.95 bits per heavy atom. The molecule has 0 saturated carbocycles. The number of non-ortho nitro benzene ring substituents is 1. The van der Waals surface area contributed by atoms with Crippen molar-refractivity contribution in [2.24, 2.45) is 0 Å². The molecular formula is C13H16N6O2. The number of unbranched alkanes of at least 4 members (excludes halogenated alkanes) is 1. The Morgan fingerprint density at radius 1 is 1.24 bits per heavy atom. The van der Waals surface area contributed by atoms with Gasteiger partial charge in [0.15, 0.2) is 5.82 Å². The summed E-state index contributed by atoms with van der Waals surface area (Å²) in [6.45, 7) is 2.84. The van der Waals surface area contributed by atoms with Gasteiger partial charge in [0.2, 0.25) is 11.9 Å². The average molecular weight is 288 g/mol. The molecule has 2 aromatic rings. The number of nitrogens with one attached hydrogen (secondary N) is 1. The third-order valence-electron chi connectivity index (χ3n) is 2.80. The maximum atomic E-state index is 10.6. The summed E-state index contributed by atoms with van der Waals surface area (Å²) in [4.78, 5) is 22.5. The summed E-state index contributed by atoms with van der Waals surface area (Å²) in [6.07, 6.45) is 2.06. The first kappa shape index (κ1) is 14.6. The summed E-state index contributed by atoms with van der Waals surface area (Å²) < 4.78 is 0.